The smallest absolute Gasteiger partial charge is 0.0892 e. The number of aliphatic hydroxyl groups is 1. The Morgan fingerprint density at radius 2 is 2.42 bits per heavy atom. The van der Waals surface area contributed by atoms with E-state index in [1.54, 1.807) is 7.11 Å². The Morgan fingerprint density at radius 3 is 2.92 bits per heavy atom. The Hall–Kier alpha value is -0.120. The van der Waals surface area contributed by atoms with E-state index >= 15 is 0 Å². The van der Waals surface area contributed by atoms with Crippen molar-refractivity contribution >= 4 is 0 Å². The molecule has 1 rings (SSSR count). The van der Waals surface area contributed by atoms with Gasteiger partial charge in [0.2, 0.25) is 0 Å². The highest BCUT2D eigenvalue weighted by Crippen LogP contribution is 2.23. The third kappa shape index (κ3) is 2.44. The highest BCUT2D eigenvalue weighted by atomic mass is 16.5. The number of methoxy groups -OCH3 is 1. The average molecular weight is 173 g/mol. The number of piperidine rings is 1. The van der Waals surface area contributed by atoms with Crippen LogP contribution in [-0.4, -0.2) is 37.5 Å². The van der Waals surface area contributed by atoms with E-state index in [0.717, 1.165) is 25.9 Å². The van der Waals surface area contributed by atoms with Gasteiger partial charge in [0.05, 0.1) is 12.2 Å². The summed E-state index contributed by atoms with van der Waals surface area (Å²) in [4.78, 5) is 0. The predicted octanol–water partition coefficient (Wildman–Crippen LogP) is 0.383. The van der Waals surface area contributed by atoms with E-state index in [1.165, 1.54) is 0 Å². The first-order chi connectivity index (χ1) is 5.67. The fourth-order valence-electron chi connectivity index (χ4n) is 1.79. The second-order valence-corrected chi connectivity index (χ2v) is 3.83. The molecule has 0 aromatic rings. The van der Waals surface area contributed by atoms with Crippen LogP contribution in [0.25, 0.3) is 0 Å². The van der Waals surface area contributed by atoms with Crippen LogP contribution < -0.4 is 5.32 Å². The lowest BCUT2D eigenvalue weighted by Crippen LogP contribution is -2.46. The van der Waals surface area contributed by atoms with Gasteiger partial charge in [-0.05, 0) is 26.3 Å². The predicted molar refractivity (Wildman–Crippen MR) is 48.1 cm³/mol. The molecule has 1 aliphatic heterocycles. The Morgan fingerprint density at radius 1 is 1.67 bits per heavy atom. The minimum atomic E-state index is -0.665. The normalized spacial score (nSPS) is 29.8. The molecule has 3 heteroatoms. The summed E-state index contributed by atoms with van der Waals surface area (Å²) in [5.41, 5.74) is -0.665. The summed E-state index contributed by atoms with van der Waals surface area (Å²) in [6.45, 7) is 4.28. The van der Waals surface area contributed by atoms with E-state index < -0.39 is 5.60 Å². The number of rotatable bonds is 3. The molecule has 0 bridgehead atoms. The van der Waals surface area contributed by atoms with Gasteiger partial charge < -0.3 is 15.2 Å². The molecule has 2 atom stereocenters. The SMILES string of the molecule is COCC(C)(O)[C@H]1CCCNC1. The van der Waals surface area contributed by atoms with E-state index in [4.69, 9.17) is 4.74 Å². The van der Waals surface area contributed by atoms with Gasteiger partial charge in [-0.2, -0.15) is 0 Å². The van der Waals surface area contributed by atoms with Crippen molar-refractivity contribution in [2.75, 3.05) is 26.8 Å². The van der Waals surface area contributed by atoms with Crippen LogP contribution in [0.3, 0.4) is 0 Å². The number of hydrogen-bond acceptors (Lipinski definition) is 3. The molecule has 1 heterocycles. The fraction of sp³-hybridized carbons (Fsp3) is 1.00. The van der Waals surface area contributed by atoms with Crippen LogP contribution in [-0.2, 0) is 4.74 Å². The zero-order valence-electron chi connectivity index (χ0n) is 7.97. The number of ether oxygens (including phenoxy) is 1. The van der Waals surface area contributed by atoms with Gasteiger partial charge in [-0.25, -0.2) is 0 Å². The number of nitrogens with one attached hydrogen (secondary N) is 1. The van der Waals surface area contributed by atoms with Crippen molar-refractivity contribution in [3.05, 3.63) is 0 Å². The van der Waals surface area contributed by atoms with Crippen molar-refractivity contribution in [3.63, 3.8) is 0 Å². The van der Waals surface area contributed by atoms with Crippen molar-refractivity contribution in [1.29, 1.82) is 0 Å². The largest absolute Gasteiger partial charge is 0.387 e. The Bertz CT molecular complexity index is 130. The maximum absolute atomic E-state index is 9.97. The zero-order valence-corrected chi connectivity index (χ0v) is 7.97. The third-order valence-electron chi connectivity index (χ3n) is 2.61. The molecule has 0 amide bonds. The van der Waals surface area contributed by atoms with Gasteiger partial charge in [-0.15, -0.1) is 0 Å². The van der Waals surface area contributed by atoms with Crippen molar-refractivity contribution in [2.24, 2.45) is 5.92 Å². The average Bonchev–Trinajstić information content (AvgIpc) is 2.06. The minimum Gasteiger partial charge on any atom is -0.387 e. The molecule has 1 saturated heterocycles. The molecule has 1 unspecified atom stereocenters. The summed E-state index contributed by atoms with van der Waals surface area (Å²) in [6, 6.07) is 0. The molecule has 0 aliphatic carbocycles. The van der Waals surface area contributed by atoms with Crippen LogP contribution in [0.2, 0.25) is 0 Å². The van der Waals surface area contributed by atoms with Gasteiger partial charge in [0.1, 0.15) is 0 Å². The van der Waals surface area contributed by atoms with Crippen LogP contribution in [0.5, 0.6) is 0 Å². The van der Waals surface area contributed by atoms with E-state index in [1.807, 2.05) is 6.92 Å². The highest BCUT2D eigenvalue weighted by molar-refractivity contribution is 4.85. The van der Waals surface area contributed by atoms with Gasteiger partial charge in [-0.3, -0.25) is 0 Å². The van der Waals surface area contributed by atoms with E-state index in [-0.39, 0.29) is 0 Å². The standard InChI is InChI=1S/C9H19NO2/c1-9(11,7-12-2)8-4-3-5-10-6-8/h8,10-11H,3-7H2,1-2H3/t8-,9?/m0/s1. The summed E-state index contributed by atoms with van der Waals surface area (Å²) < 4.78 is 4.98. The quantitative estimate of drug-likeness (QED) is 0.648. The number of hydrogen-bond donors (Lipinski definition) is 2. The summed E-state index contributed by atoms with van der Waals surface area (Å²) in [5, 5.41) is 13.3. The van der Waals surface area contributed by atoms with Crippen molar-refractivity contribution in [2.45, 2.75) is 25.4 Å². The first kappa shape index (κ1) is 9.96. The van der Waals surface area contributed by atoms with Crippen molar-refractivity contribution < 1.29 is 9.84 Å². The zero-order chi connectivity index (χ0) is 9.03. The molecule has 0 saturated carbocycles. The maximum Gasteiger partial charge on any atom is 0.0892 e. The molecular formula is C9H19NO2. The molecule has 0 aromatic heterocycles. The molecule has 0 radical (unpaired) electrons. The second kappa shape index (κ2) is 4.21. The van der Waals surface area contributed by atoms with E-state index in [9.17, 15) is 5.11 Å². The van der Waals surface area contributed by atoms with Gasteiger partial charge in [-0.1, -0.05) is 0 Å². The first-order valence-electron chi connectivity index (χ1n) is 4.59. The summed E-state index contributed by atoms with van der Waals surface area (Å²) in [7, 11) is 1.63. The fourth-order valence-corrected chi connectivity index (χ4v) is 1.79. The van der Waals surface area contributed by atoms with E-state index in [0.29, 0.717) is 12.5 Å². The molecule has 0 aromatic carbocycles. The molecular weight excluding hydrogens is 154 g/mol. The Kier molecular flexibility index (Phi) is 3.50. The molecule has 1 aliphatic rings. The van der Waals surface area contributed by atoms with Gasteiger partial charge in [0, 0.05) is 19.6 Å². The Balaban J connectivity index is 2.41. The van der Waals surface area contributed by atoms with Gasteiger partial charge >= 0.3 is 0 Å². The molecule has 3 nitrogen and oxygen atoms in total. The lowest BCUT2D eigenvalue weighted by atomic mass is 9.84. The minimum absolute atomic E-state index is 0.339. The third-order valence-corrected chi connectivity index (χ3v) is 2.61. The molecule has 0 spiro atoms. The molecule has 2 N–H and O–H groups in total. The van der Waals surface area contributed by atoms with Gasteiger partial charge in [0.15, 0.2) is 0 Å². The summed E-state index contributed by atoms with van der Waals surface area (Å²) in [5.74, 6) is 0.339. The van der Waals surface area contributed by atoms with Gasteiger partial charge in [0.25, 0.3) is 0 Å². The molecule has 12 heavy (non-hydrogen) atoms. The van der Waals surface area contributed by atoms with Crippen LogP contribution in [0, 0.1) is 5.92 Å². The van der Waals surface area contributed by atoms with Crippen molar-refractivity contribution in [3.8, 4) is 0 Å². The maximum atomic E-state index is 9.97. The van der Waals surface area contributed by atoms with Crippen LogP contribution in [0.4, 0.5) is 0 Å². The van der Waals surface area contributed by atoms with Crippen molar-refractivity contribution in [1.82, 2.24) is 5.32 Å². The Labute approximate surface area is 74.1 Å². The lowest BCUT2D eigenvalue weighted by molar-refractivity contribution is -0.0656. The topological polar surface area (TPSA) is 41.5 Å². The second-order valence-electron chi connectivity index (χ2n) is 3.83. The summed E-state index contributed by atoms with van der Waals surface area (Å²) in [6.07, 6.45) is 2.26. The molecule has 72 valence electrons. The van der Waals surface area contributed by atoms with Crippen LogP contribution in [0.1, 0.15) is 19.8 Å². The monoisotopic (exact) mass is 173 g/mol. The van der Waals surface area contributed by atoms with Crippen LogP contribution in [0.15, 0.2) is 0 Å². The van der Waals surface area contributed by atoms with E-state index in [2.05, 4.69) is 5.32 Å². The van der Waals surface area contributed by atoms with Crippen LogP contribution >= 0.6 is 0 Å². The molecule has 1 fully saturated rings. The highest BCUT2D eigenvalue weighted by Gasteiger charge is 2.32. The lowest BCUT2D eigenvalue weighted by Gasteiger charge is -2.35. The summed E-state index contributed by atoms with van der Waals surface area (Å²) >= 11 is 0. The first-order valence-corrected chi connectivity index (χ1v) is 4.59.